The summed E-state index contributed by atoms with van der Waals surface area (Å²) in [6, 6.07) is 0.401. The zero-order chi connectivity index (χ0) is 9.68. The van der Waals surface area contributed by atoms with E-state index in [0.717, 1.165) is 12.2 Å². The number of aldehydes is 1. The molecule has 1 N–H and O–H groups in total. The molecular formula is C11H21NO. The van der Waals surface area contributed by atoms with Gasteiger partial charge in [0.1, 0.15) is 6.29 Å². The fourth-order valence-electron chi connectivity index (χ4n) is 2.51. The van der Waals surface area contributed by atoms with Crippen LogP contribution in [-0.4, -0.2) is 19.4 Å². The van der Waals surface area contributed by atoms with Crippen LogP contribution in [0.15, 0.2) is 0 Å². The predicted octanol–water partition coefficient (Wildman–Crippen LogP) is 1.99. The SMILES string of the molecule is CN[C@H](C1CCCCC1)[C@@H](C)C=O. The molecule has 0 bridgehead atoms. The van der Waals surface area contributed by atoms with Crippen molar-refractivity contribution in [3.05, 3.63) is 0 Å². The van der Waals surface area contributed by atoms with Gasteiger partial charge in [-0.15, -0.1) is 0 Å². The van der Waals surface area contributed by atoms with Crippen LogP contribution in [0.4, 0.5) is 0 Å². The third-order valence-electron chi connectivity index (χ3n) is 3.27. The van der Waals surface area contributed by atoms with Gasteiger partial charge in [0, 0.05) is 12.0 Å². The molecule has 1 saturated carbocycles. The van der Waals surface area contributed by atoms with Crippen LogP contribution in [0, 0.1) is 11.8 Å². The van der Waals surface area contributed by atoms with Crippen molar-refractivity contribution < 1.29 is 4.79 Å². The lowest BCUT2D eigenvalue weighted by atomic mass is 9.79. The molecule has 0 aromatic carbocycles. The van der Waals surface area contributed by atoms with Crippen LogP contribution >= 0.6 is 0 Å². The lowest BCUT2D eigenvalue weighted by molar-refractivity contribution is -0.111. The minimum absolute atomic E-state index is 0.160. The van der Waals surface area contributed by atoms with Crippen LogP contribution in [0.3, 0.4) is 0 Å². The van der Waals surface area contributed by atoms with Gasteiger partial charge >= 0.3 is 0 Å². The van der Waals surface area contributed by atoms with E-state index in [0.29, 0.717) is 6.04 Å². The van der Waals surface area contributed by atoms with E-state index in [2.05, 4.69) is 5.32 Å². The molecule has 1 aliphatic carbocycles. The molecule has 0 aliphatic heterocycles. The Morgan fingerprint density at radius 1 is 1.31 bits per heavy atom. The van der Waals surface area contributed by atoms with Crippen molar-refractivity contribution >= 4 is 6.29 Å². The molecule has 1 fully saturated rings. The van der Waals surface area contributed by atoms with Crippen molar-refractivity contribution in [1.82, 2.24) is 5.32 Å². The van der Waals surface area contributed by atoms with E-state index in [1.165, 1.54) is 32.1 Å². The van der Waals surface area contributed by atoms with E-state index >= 15 is 0 Å². The molecule has 2 heteroatoms. The molecule has 0 aromatic heterocycles. The van der Waals surface area contributed by atoms with Crippen LogP contribution in [0.25, 0.3) is 0 Å². The van der Waals surface area contributed by atoms with E-state index in [4.69, 9.17) is 0 Å². The Morgan fingerprint density at radius 2 is 1.92 bits per heavy atom. The van der Waals surface area contributed by atoms with Crippen LogP contribution in [-0.2, 0) is 4.79 Å². The lowest BCUT2D eigenvalue weighted by Crippen LogP contribution is -2.40. The highest BCUT2D eigenvalue weighted by atomic mass is 16.1. The molecule has 2 atom stereocenters. The van der Waals surface area contributed by atoms with Crippen molar-refractivity contribution in [1.29, 1.82) is 0 Å². The highest BCUT2D eigenvalue weighted by molar-refractivity contribution is 5.54. The molecule has 1 aliphatic rings. The topological polar surface area (TPSA) is 29.1 Å². The number of carbonyl (C=O) groups is 1. The maximum Gasteiger partial charge on any atom is 0.124 e. The van der Waals surface area contributed by atoms with Gasteiger partial charge < -0.3 is 10.1 Å². The molecule has 0 heterocycles. The van der Waals surface area contributed by atoms with E-state index in [1.54, 1.807) is 0 Å². The summed E-state index contributed by atoms with van der Waals surface area (Å²) in [5, 5.41) is 3.29. The molecule has 76 valence electrons. The molecule has 13 heavy (non-hydrogen) atoms. The number of carbonyl (C=O) groups excluding carboxylic acids is 1. The predicted molar refractivity (Wildman–Crippen MR) is 54.7 cm³/mol. The Morgan fingerprint density at radius 3 is 2.38 bits per heavy atom. The second-order valence-corrected chi connectivity index (χ2v) is 4.21. The quantitative estimate of drug-likeness (QED) is 0.675. The Kier molecular flexibility index (Phi) is 4.43. The summed E-state index contributed by atoms with van der Waals surface area (Å²) in [4.78, 5) is 10.7. The molecule has 0 radical (unpaired) electrons. The average molecular weight is 183 g/mol. The van der Waals surface area contributed by atoms with Gasteiger partial charge in [0.05, 0.1) is 0 Å². The summed E-state index contributed by atoms with van der Waals surface area (Å²) in [5.41, 5.74) is 0. The van der Waals surface area contributed by atoms with Crippen molar-refractivity contribution in [3.63, 3.8) is 0 Å². The molecule has 0 spiro atoms. The number of hydrogen-bond acceptors (Lipinski definition) is 2. The van der Waals surface area contributed by atoms with Gasteiger partial charge in [-0.3, -0.25) is 0 Å². The first-order valence-corrected chi connectivity index (χ1v) is 5.42. The smallest absolute Gasteiger partial charge is 0.124 e. The number of nitrogens with one attached hydrogen (secondary N) is 1. The maximum absolute atomic E-state index is 10.7. The summed E-state index contributed by atoms with van der Waals surface area (Å²) in [6.45, 7) is 2.02. The van der Waals surface area contributed by atoms with Crippen LogP contribution < -0.4 is 5.32 Å². The van der Waals surface area contributed by atoms with Crippen LogP contribution in [0.1, 0.15) is 39.0 Å². The highest BCUT2D eigenvalue weighted by Crippen LogP contribution is 2.28. The highest BCUT2D eigenvalue weighted by Gasteiger charge is 2.26. The number of hydrogen-bond donors (Lipinski definition) is 1. The summed E-state index contributed by atoms with van der Waals surface area (Å²) >= 11 is 0. The fourth-order valence-corrected chi connectivity index (χ4v) is 2.51. The molecule has 0 amide bonds. The van der Waals surface area contributed by atoms with Gasteiger partial charge in [0.15, 0.2) is 0 Å². The average Bonchev–Trinajstić information content (AvgIpc) is 2.20. The number of rotatable bonds is 4. The Labute approximate surface area is 81.1 Å². The first kappa shape index (κ1) is 10.7. The summed E-state index contributed by atoms with van der Waals surface area (Å²) in [6.07, 6.45) is 7.73. The van der Waals surface area contributed by atoms with E-state index in [9.17, 15) is 4.79 Å². The van der Waals surface area contributed by atoms with Crippen LogP contribution in [0.2, 0.25) is 0 Å². The summed E-state index contributed by atoms with van der Waals surface area (Å²) in [5.74, 6) is 0.882. The normalized spacial score (nSPS) is 23.8. The van der Waals surface area contributed by atoms with Crippen molar-refractivity contribution in [2.75, 3.05) is 7.05 Å². The third kappa shape index (κ3) is 2.80. The Balaban J connectivity index is 2.48. The van der Waals surface area contributed by atoms with Crippen molar-refractivity contribution in [3.8, 4) is 0 Å². The lowest BCUT2D eigenvalue weighted by Gasteiger charge is -2.32. The van der Waals surface area contributed by atoms with E-state index in [-0.39, 0.29) is 5.92 Å². The van der Waals surface area contributed by atoms with Gasteiger partial charge in [-0.05, 0) is 25.8 Å². The van der Waals surface area contributed by atoms with Crippen LogP contribution in [0.5, 0.6) is 0 Å². The van der Waals surface area contributed by atoms with Crippen molar-refractivity contribution in [2.45, 2.75) is 45.1 Å². The summed E-state index contributed by atoms with van der Waals surface area (Å²) < 4.78 is 0. The minimum atomic E-state index is 0.160. The minimum Gasteiger partial charge on any atom is -0.316 e. The largest absolute Gasteiger partial charge is 0.316 e. The van der Waals surface area contributed by atoms with E-state index in [1.807, 2.05) is 14.0 Å². The second-order valence-electron chi connectivity index (χ2n) is 4.21. The Bertz CT molecular complexity index is 152. The second kappa shape index (κ2) is 5.38. The molecule has 2 nitrogen and oxygen atoms in total. The Hall–Kier alpha value is -0.370. The van der Waals surface area contributed by atoms with Gasteiger partial charge in [-0.1, -0.05) is 26.2 Å². The molecule has 0 saturated heterocycles. The third-order valence-corrected chi connectivity index (χ3v) is 3.27. The molecule has 1 rings (SSSR count). The zero-order valence-electron chi connectivity index (χ0n) is 8.75. The van der Waals surface area contributed by atoms with E-state index < -0.39 is 0 Å². The standard InChI is InChI=1S/C11H21NO/c1-9(8-13)11(12-2)10-6-4-3-5-7-10/h8-12H,3-7H2,1-2H3/t9-,11-/m0/s1. The monoisotopic (exact) mass is 183 g/mol. The molecular weight excluding hydrogens is 162 g/mol. The first-order chi connectivity index (χ1) is 6.29. The summed E-state index contributed by atoms with van der Waals surface area (Å²) in [7, 11) is 1.97. The van der Waals surface area contributed by atoms with Gasteiger partial charge in [-0.25, -0.2) is 0 Å². The molecule has 0 aromatic rings. The van der Waals surface area contributed by atoms with Gasteiger partial charge in [-0.2, -0.15) is 0 Å². The first-order valence-electron chi connectivity index (χ1n) is 5.42. The fraction of sp³-hybridized carbons (Fsp3) is 0.909. The van der Waals surface area contributed by atoms with Gasteiger partial charge in [0.2, 0.25) is 0 Å². The van der Waals surface area contributed by atoms with Crippen molar-refractivity contribution in [2.24, 2.45) is 11.8 Å². The van der Waals surface area contributed by atoms with Gasteiger partial charge in [0.25, 0.3) is 0 Å². The molecule has 0 unspecified atom stereocenters. The zero-order valence-corrected chi connectivity index (χ0v) is 8.75. The maximum atomic E-state index is 10.7.